The van der Waals surface area contributed by atoms with Gasteiger partial charge in [0.15, 0.2) is 0 Å². The van der Waals surface area contributed by atoms with E-state index in [9.17, 15) is 0 Å². The number of nitrogens with one attached hydrogen (secondary N) is 1. The summed E-state index contributed by atoms with van der Waals surface area (Å²) < 4.78 is 0. The van der Waals surface area contributed by atoms with E-state index in [1.54, 1.807) is 12.1 Å². The van der Waals surface area contributed by atoms with Crippen LogP contribution < -0.4 is 5.46 Å². The first-order chi connectivity index (χ1) is 7.25. The Hall–Kier alpha value is -1.33. The standard InChI is InChI=1S/C10H11BN2O2/c14-11(15)7-3-4-8-9(5-7)12-13-10(8)6-1-2-6/h3-6,14-15H,1-2H2,(H,12,13). The number of H-pyrrole nitrogens is 1. The molecule has 0 unspecified atom stereocenters. The minimum atomic E-state index is -1.42. The average molecular weight is 202 g/mol. The van der Waals surface area contributed by atoms with Crippen LogP contribution in [0, 0.1) is 0 Å². The lowest BCUT2D eigenvalue weighted by Crippen LogP contribution is -2.29. The normalized spacial score (nSPS) is 15.9. The van der Waals surface area contributed by atoms with Gasteiger partial charge < -0.3 is 10.0 Å². The summed E-state index contributed by atoms with van der Waals surface area (Å²) in [5, 5.41) is 26.4. The molecule has 3 rings (SSSR count). The van der Waals surface area contributed by atoms with Crippen molar-refractivity contribution >= 4 is 23.5 Å². The Morgan fingerprint density at radius 2 is 2.13 bits per heavy atom. The molecule has 0 radical (unpaired) electrons. The summed E-state index contributed by atoms with van der Waals surface area (Å²) in [5.74, 6) is 0.625. The van der Waals surface area contributed by atoms with Crippen LogP contribution in [0.5, 0.6) is 0 Å². The summed E-state index contributed by atoms with van der Waals surface area (Å²) in [5.41, 5.74) is 2.47. The smallest absolute Gasteiger partial charge is 0.423 e. The molecule has 0 bridgehead atoms. The highest BCUT2D eigenvalue weighted by Crippen LogP contribution is 2.41. The van der Waals surface area contributed by atoms with Gasteiger partial charge in [0.2, 0.25) is 0 Å². The minimum Gasteiger partial charge on any atom is -0.423 e. The lowest BCUT2D eigenvalue weighted by atomic mass is 9.80. The largest absolute Gasteiger partial charge is 0.488 e. The predicted octanol–water partition coefficient (Wildman–Crippen LogP) is 0.120. The van der Waals surface area contributed by atoms with Crippen molar-refractivity contribution in [2.75, 3.05) is 0 Å². The van der Waals surface area contributed by atoms with Gasteiger partial charge in [-0.05, 0) is 24.4 Å². The zero-order chi connectivity index (χ0) is 10.4. The van der Waals surface area contributed by atoms with Crippen molar-refractivity contribution < 1.29 is 10.0 Å². The van der Waals surface area contributed by atoms with Crippen molar-refractivity contribution in [3.63, 3.8) is 0 Å². The first-order valence-electron chi connectivity index (χ1n) is 5.10. The molecule has 0 aliphatic heterocycles. The molecule has 0 amide bonds. The molecule has 76 valence electrons. The van der Waals surface area contributed by atoms with E-state index in [0.29, 0.717) is 11.4 Å². The highest BCUT2D eigenvalue weighted by atomic mass is 16.4. The zero-order valence-corrected chi connectivity index (χ0v) is 8.14. The molecule has 4 nitrogen and oxygen atoms in total. The molecule has 1 aliphatic carbocycles. The van der Waals surface area contributed by atoms with E-state index in [2.05, 4.69) is 10.2 Å². The Morgan fingerprint density at radius 3 is 2.80 bits per heavy atom. The van der Waals surface area contributed by atoms with E-state index in [-0.39, 0.29) is 0 Å². The molecule has 0 atom stereocenters. The van der Waals surface area contributed by atoms with Crippen molar-refractivity contribution in [3.8, 4) is 0 Å². The first-order valence-corrected chi connectivity index (χ1v) is 5.10. The van der Waals surface area contributed by atoms with Gasteiger partial charge in [0, 0.05) is 17.0 Å². The summed E-state index contributed by atoms with van der Waals surface area (Å²) in [6, 6.07) is 5.35. The quantitative estimate of drug-likeness (QED) is 0.605. The number of aromatic nitrogens is 2. The monoisotopic (exact) mass is 202 g/mol. The van der Waals surface area contributed by atoms with Crippen LogP contribution in [-0.2, 0) is 0 Å². The molecular formula is C10H11BN2O2. The van der Waals surface area contributed by atoms with Gasteiger partial charge >= 0.3 is 7.12 Å². The van der Waals surface area contributed by atoms with E-state index in [4.69, 9.17) is 10.0 Å². The first kappa shape index (κ1) is 8.94. The SMILES string of the molecule is OB(O)c1ccc2c(C3CC3)[nH]nc2c1. The van der Waals surface area contributed by atoms with Crippen LogP contribution in [-0.4, -0.2) is 27.4 Å². The molecule has 1 saturated carbocycles. The van der Waals surface area contributed by atoms with Crippen molar-refractivity contribution in [1.29, 1.82) is 0 Å². The fourth-order valence-corrected chi connectivity index (χ4v) is 1.89. The van der Waals surface area contributed by atoms with Gasteiger partial charge in [-0.2, -0.15) is 5.10 Å². The van der Waals surface area contributed by atoms with Crippen LogP contribution in [0.25, 0.3) is 10.9 Å². The van der Waals surface area contributed by atoms with Gasteiger partial charge in [-0.25, -0.2) is 0 Å². The van der Waals surface area contributed by atoms with Gasteiger partial charge in [0.25, 0.3) is 0 Å². The second-order valence-electron chi connectivity index (χ2n) is 4.06. The number of fused-ring (bicyclic) bond motifs is 1. The predicted molar refractivity (Wildman–Crippen MR) is 57.9 cm³/mol. The molecule has 3 N–H and O–H groups in total. The fraction of sp³-hybridized carbons (Fsp3) is 0.300. The minimum absolute atomic E-state index is 0.483. The number of hydrogen-bond donors (Lipinski definition) is 3. The molecule has 15 heavy (non-hydrogen) atoms. The van der Waals surface area contributed by atoms with Crippen LogP contribution in [0.15, 0.2) is 18.2 Å². The maximum absolute atomic E-state index is 9.03. The molecule has 1 heterocycles. The molecule has 5 heteroatoms. The van der Waals surface area contributed by atoms with Crippen LogP contribution >= 0.6 is 0 Å². The summed E-state index contributed by atoms with van der Waals surface area (Å²) in [4.78, 5) is 0. The van der Waals surface area contributed by atoms with Crippen LogP contribution in [0.2, 0.25) is 0 Å². The lowest BCUT2D eigenvalue weighted by Gasteiger charge is -1.98. The fourth-order valence-electron chi connectivity index (χ4n) is 1.89. The molecule has 2 aromatic rings. The topological polar surface area (TPSA) is 69.1 Å². The maximum atomic E-state index is 9.03. The molecule has 0 saturated heterocycles. The van der Waals surface area contributed by atoms with Gasteiger partial charge in [-0.3, -0.25) is 5.10 Å². The van der Waals surface area contributed by atoms with Crippen LogP contribution in [0.4, 0.5) is 0 Å². The van der Waals surface area contributed by atoms with Crippen molar-refractivity contribution in [2.45, 2.75) is 18.8 Å². The summed E-state index contributed by atoms with van der Waals surface area (Å²) in [6.45, 7) is 0. The third-order valence-electron chi connectivity index (χ3n) is 2.89. The maximum Gasteiger partial charge on any atom is 0.488 e. The third-order valence-corrected chi connectivity index (χ3v) is 2.89. The van der Waals surface area contributed by atoms with Gasteiger partial charge in [0.05, 0.1) is 5.52 Å². The third kappa shape index (κ3) is 1.44. The van der Waals surface area contributed by atoms with Gasteiger partial charge in [0.1, 0.15) is 0 Å². The Labute approximate surface area is 87.1 Å². The van der Waals surface area contributed by atoms with Crippen molar-refractivity contribution in [2.24, 2.45) is 0 Å². The zero-order valence-electron chi connectivity index (χ0n) is 8.14. The molecule has 0 spiro atoms. The van der Waals surface area contributed by atoms with E-state index in [1.165, 1.54) is 18.5 Å². The number of benzene rings is 1. The second-order valence-corrected chi connectivity index (χ2v) is 4.06. The summed E-state index contributed by atoms with van der Waals surface area (Å²) >= 11 is 0. The average Bonchev–Trinajstić information content (AvgIpc) is 2.98. The van der Waals surface area contributed by atoms with Crippen molar-refractivity contribution in [3.05, 3.63) is 23.9 Å². The number of rotatable bonds is 2. The van der Waals surface area contributed by atoms with Crippen LogP contribution in [0.1, 0.15) is 24.5 Å². The summed E-state index contributed by atoms with van der Waals surface area (Å²) in [7, 11) is -1.42. The van der Waals surface area contributed by atoms with Crippen LogP contribution in [0.3, 0.4) is 0 Å². The van der Waals surface area contributed by atoms with Crippen molar-refractivity contribution in [1.82, 2.24) is 10.2 Å². The van der Waals surface area contributed by atoms with E-state index >= 15 is 0 Å². The highest BCUT2D eigenvalue weighted by molar-refractivity contribution is 6.58. The van der Waals surface area contributed by atoms with E-state index in [0.717, 1.165) is 10.9 Å². The molecule has 1 aromatic carbocycles. The number of aromatic amines is 1. The lowest BCUT2D eigenvalue weighted by molar-refractivity contribution is 0.426. The molecule has 1 aromatic heterocycles. The Morgan fingerprint density at radius 1 is 1.33 bits per heavy atom. The second kappa shape index (κ2) is 3.08. The Bertz CT molecular complexity index is 505. The van der Waals surface area contributed by atoms with Gasteiger partial charge in [-0.1, -0.05) is 12.1 Å². The van der Waals surface area contributed by atoms with E-state index in [1.807, 2.05) is 6.07 Å². The summed E-state index contributed by atoms with van der Waals surface area (Å²) in [6.07, 6.45) is 2.45. The molecular weight excluding hydrogens is 191 g/mol. The number of nitrogens with zero attached hydrogens (tertiary/aromatic N) is 1. The number of hydrogen-bond acceptors (Lipinski definition) is 3. The van der Waals surface area contributed by atoms with Gasteiger partial charge in [-0.15, -0.1) is 0 Å². The molecule has 1 fully saturated rings. The molecule has 1 aliphatic rings. The Balaban J connectivity index is 2.13. The highest BCUT2D eigenvalue weighted by Gasteiger charge is 2.27. The van der Waals surface area contributed by atoms with E-state index < -0.39 is 7.12 Å². The Kier molecular flexibility index (Phi) is 1.84.